The number of nitrogens with zero attached hydrogens (tertiary/aromatic N) is 2. The van der Waals surface area contributed by atoms with Crippen LogP contribution in [-0.2, 0) is 4.74 Å². The number of anilines is 1. The molecule has 4 atom stereocenters. The Bertz CT molecular complexity index is 475. The summed E-state index contributed by atoms with van der Waals surface area (Å²) < 4.78 is 5.32. The lowest BCUT2D eigenvalue weighted by molar-refractivity contribution is -0.133. The van der Waals surface area contributed by atoms with Crippen LogP contribution in [0.25, 0.3) is 0 Å². The fourth-order valence-corrected chi connectivity index (χ4v) is 2.69. The molecule has 0 amide bonds. The second-order valence-electron chi connectivity index (χ2n) is 4.02. The van der Waals surface area contributed by atoms with Gasteiger partial charge in [-0.2, -0.15) is 5.26 Å². The maximum atomic E-state index is 9.89. The lowest BCUT2D eigenvalue weighted by Crippen LogP contribution is -2.54. The molecule has 1 fully saturated rings. The largest absolute Gasteiger partial charge is 0.388 e. The Morgan fingerprint density at radius 1 is 1.56 bits per heavy atom. The van der Waals surface area contributed by atoms with Crippen LogP contribution in [0.1, 0.15) is 11.8 Å². The molecule has 1 aliphatic rings. The second kappa shape index (κ2) is 5.38. The van der Waals surface area contributed by atoms with E-state index >= 15 is 0 Å². The summed E-state index contributed by atoms with van der Waals surface area (Å²) in [5, 5.41) is 31.8. The molecule has 6 nitrogen and oxygen atoms in total. The number of hydrogen-bond acceptors (Lipinski definition) is 7. The third kappa shape index (κ3) is 2.58. The number of hydrogen-bond donors (Lipinski definition) is 3. The summed E-state index contributed by atoms with van der Waals surface area (Å²) in [6, 6.07) is 1.44. The Balaban J connectivity index is 2.07. The van der Waals surface area contributed by atoms with Crippen LogP contribution in [0, 0.1) is 11.3 Å². The molecule has 1 aromatic heterocycles. The Morgan fingerprint density at radius 2 is 2.28 bits per heavy atom. The Labute approximate surface area is 113 Å². The SMILES string of the molecule is C[C@H]1OC[C@H](Nc2nc(Cl)c(C#N)s2)[C@@H](O)[C@H]1O. The van der Waals surface area contributed by atoms with E-state index in [0.29, 0.717) is 10.0 Å². The van der Waals surface area contributed by atoms with Gasteiger partial charge < -0.3 is 20.3 Å². The standard InChI is InChI=1S/C10H12ClN3O3S/c1-4-7(15)8(16)5(3-17-4)13-10-14-9(11)6(2-12)18-10/h4-5,7-8,15-16H,3H2,1H3,(H,13,14)/t4-,5+,7+,8-/m1/s1. The summed E-state index contributed by atoms with van der Waals surface area (Å²) in [4.78, 5) is 4.26. The van der Waals surface area contributed by atoms with Crippen LogP contribution >= 0.6 is 22.9 Å². The number of aliphatic hydroxyl groups excluding tert-OH is 2. The minimum Gasteiger partial charge on any atom is -0.388 e. The first-order valence-electron chi connectivity index (χ1n) is 5.33. The molecular weight excluding hydrogens is 278 g/mol. The minimum absolute atomic E-state index is 0.130. The van der Waals surface area contributed by atoms with Crippen molar-refractivity contribution in [3.05, 3.63) is 10.0 Å². The van der Waals surface area contributed by atoms with E-state index in [1.807, 2.05) is 6.07 Å². The van der Waals surface area contributed by atoms with Crippen molar-refractivity contribution in [3.63, 3.8) is 0 Å². The summed E-state index contributed by atoms with van der Waals surface area (Å²) >= 11 is 6.84. The molecule has 0 spiro atoms. The van der Waals surface area contributed by atoms with E-state index in [9.17, 15) is 10.2 Å². The smallest absolute Gasteiger partial charge is 0.185 e. The Morgan fingerprint density at radius 3 is 2.89 bits per heavy atom. The van der Waals surface area contributed by atoms with Crippen LogP contribution in [0.5, 0.6) is 0 Å². The minimum atomic E-state index is -0.957. The predicted molar refractivity (Wildman–Crippen MR) is 66.7 cm³/mol. The van der Waals surface area contributed by atoms with Gasteiger partial charge >= 0.3 is 0 Å². The van der Waals surface area contributed by atoms with Crippen molar-refractivity contribution in [1.82, 2.24) is 4.98 Å². The third-order valence-corrected chi connectivity index (χ3v) is 4.05. The lowest BCUT2D eigenvalue weighted by atomic mass is 9.99. The summed E-state index contributed by atoms with van der Waals surface area (Å²) in [6.45, 7) is 1.94. The maximum absolute atomic E-state index is 9.89. The van der Waals surface area contributed by atoms with E-state index < -0.39 is 24.4 Å². The quantitative estimate of drug-likeness (QED) is 0.737. The molecule has 1 aliphatic heterocycles. The normalized spacial score (nSPS) is 31.9. The Kier molecular flexibility index (Phi) is 4.04. The van der Waals surface area contributed by atoms with Crippen LogP contribution in [0.15, 0.2) is 0 Å². The van der Waals surface area contributed by atoms with E-state index in [4.69, 9.17) is 21.6 Å². The summed E-state index contributed by atoms with van der Waals surface area (Å²) in [7, 11) is 0. The number of aliphatic hydroxyl groups is 2. The van der Waals surface area contributed by atoms with Crippen LogP contribution in [0.4, 0.5) is 5.13 Å². The van der Waals surface area contributed by atoms with E-state index in [2.05, 4.69) is 10.3 Å². The topological polar surface area (TPSA) is 98.4 Å². The zero-order valence-electron chi connectivity index (χ0n) is 9.50. The molecule has 18 heavy (non-hydrogen) atoms. The Hall–Kier alpha value is -0.910. The molecule has 8 heteroatoms. The molecule has 98 valence electrons. The van der Waals surface area contributed by atoms with E-state index in [0.717, 1.165) is 11.3 Å². The van der Waals surface area contributed by atoms with Crippen molar-refractivity contribution < 1.29 is 14.9 Å². The van der Waals surface area contributed by atoms with Crippen LogP contribution < -0.4 is 5.32 Å². The average Bonchev–Trinajstić information content (AvgIpc) is 2.70. The molecule has 0 aliphatic carbocycles. The first-order chi connectivity index (χ1) is 8.52. The van der Waals surface area contributed by atoms with Gasteiger partial charge in [0.05, 0.1) is 18.8 Å². The number of nitrogens with one attached hydrogen (secondary N) is 1. The number of halogens is 1. The molecule has 1 aromatic rings. The molecule has 2 rings (SSSR count). The molecular formula is C10H12ClN3O3S. The lowest BCUT2D eigenvalue weighted by Gasteiger charge is -2.36. The highest BCUT2D eigenvalue weighted by Gasteiger charge is 2.36. The monoisotopic (exact) mass is 289 g/mol. The highest BCUT2D eigenvalue weighted by atomic mass is 35.5. The van der Waals surface area contributed by atoms with Gasteiger partial charge in [-0.3, -0.25) is 0 Å². The van der Waals surface area contributed by atoms with Gasteiger partial charge in [0.2, 0.25) is 0 Å². The zero-order valence-corrected chi connectivity index (χ0v) is 11.1. The van der Waals surface area contributed by atoms with Gasteiger partial charge in [0.1, 0.15) is 23.2 Å². The number of aromatic nitrogens is 1. The fraction of sp³-hybridized carbons (Fsp3) is 0.600. The second-order valence-corrected chi connectivity index (χ2v) is 5.38. The highest BCUT2D eigenvalue weighted by molar-refractivity contribution is 7.16. The third-order valence-electron chi connectivity index (χ3n) is 2.78. The van der Waals surface area contributed by atoms with Crippen LogP contribution in [0.2, 0.25) is 5.15 Å². The molecule has 0 aromatic carbocycles. The average molecular weight is 290 g/mol. The zero-order chi connectivity index (χ0) is 13.3. The molecule has 0 unspecified atom stereocenters. The molecule has 0 saturated carbocycles. The molecule has 1 saturated heterocycles. The number of ether oxygens (including phenoxy) is 1. The van der Waals surface area contributed by atoms with Gasteiger partial charge in [0, 0.05) is 0 Å². The van der Waals surface area contributed by atoms with Crippen molar-refractivity contribution in [2.75, 3.05) is 11.9 Å². The molecule has 2 heterocycles. The van der Waals surface area contributed by atoms with Crippen LogP contribution in [-0.4, -0.2) is 46.2 Å². The first-order valence-corrected chi connectivity index (χ1v) is 6.53. The summed E-state index contributed by atoms with van der Waals surface area (Å²) in [5.41, 5.74) is 0. The van der Waals surface area contributed by atoms with Gasteiger partial charge in [0.15, 0.2) is 10.3 Å². The highest BCUT2D eigenvalue weighted by Crippen LogP contribution is 2.28. The van der Waals surface area contributed by atoms with Crippen LogP contribution in [0.3, 0.4) is 0 Å². The van der Waals surface area contributed by atoms with E-state index in [1.165, 1.54) is 0 Å². The first kappa shape index (κ1) is 13.5. The van der Waals surface area contributed by atoms with E-state index in [-0.39, 0.29) is 11.8 Å². The number of rotatable bonds is 2. The van der Waals surface area contributed by atoms with Crippen molar-refractivity contribution in [3.8, 4) is 6.07 Å². The van der Waals surface area contributed by atoms with Crippen molar-refractivity contribution >= 4 is 28.1 Å². The predicted octanol–water partition coefficient (Wildman–Crippen LogP) is 0.589. The van der Waals surface area contributed by atoms with Gasteiger partial charge in [-0.15, -0.1) is 0 Å². The van der Waals surface area contributed by atoms with Gasteiger partial charge in [-0.25, -0.2) is 4.98 Å². The molecule has 0 bridgehead atoms. The number of thiazole rings is 1. The maximum Gasteiger partial charge on any atom is 0.185 e. The molecule has 0 radical (unpaired) electrons. The fourth-order valence-electron chi connectivity index (χ4n) is 1.69. The van der Waals surface area contributed by atoms with E-state index in [1.54, 1.807) is 6.92 Å². The molecule has 3 N–H and O–H groups in total. The van der Waals surface area contributed by atoms with Crippen molar-refractivity contribution in [1.29, 1.82) is 5.26 Å². The van der Waals surface area contributed by atoms with Gasteiger partial charge in [0.25, 0.3) is 0 Å². The number of nitriles is 1. The van der Waals surface area contributed by atoms with Gasteiger partial charge in [-0.1, -0.05) is 22.9 Å². The summed E-state index contributed by atoms with van der Waals surface area (Å²) in [6.07, 6.45) is -2.32. The van der Waals surface area contributed by atoms with Crippen molar-refractivity contribution in [2.45, 2.75) is 31.3 Å². The van der Waals surface area contributed by atoms with Crippen molar-refractivity contribution in [2.24, 2.45) is 0 Å². The van der Waals surface area contributed by atoms with Gasteiger partial charge in [-0.05, 0) is 6.92 Å². The summed E-state index contributed by atoms with van der Waals surface area (Å²) in [5.74, 6) is 0.